The van der Waals surface area contributed by atoms with Crippen LogP contribution in [0.5, 0.6) is 0 Å². The molecule has 0 radical (unpaired) electrons. The van der Waals surface area contributed by atoms with E-state index < -0.39 is 0 Å². The molecule has 0 nitrogen and oxygen atoms in total. The molecule has 0 bridgehead atoms. The van der Waals surface area contributed by atoms with Gasteiger partial charge in [0.25, 0.3) is 0 Å². The molecular weight excluding hydrogens is 284 g/mol. The highest BCUT2D eigenvalue weighted by Gasteiger charge is 2.45. The highest BCUT2D eigenvalue weighted by molar-refractivity contribution is 8.00. The van der Waals surface area contributed by atoms with Gasteiger partial charge in [0.2, 0.25) is 0 Å². The Morgan fingerprint density at radius 3 is 1.73 bits per heavy atom. The first-order valence-electron chi connectivity index (χ1n) is 9.45. The molecule has 134 valence electrons. The lowest BCUT2D eigenvalue weighted by Gasteiger charge is -2.51. The van der Waals surface area contributed by atoms with Gasteiger partial charge in [0.1, 0.15) is 0 Å². The van der Waals surface area contributed by atoms with E-state index in [1.807, 2.05) is 0 Å². The van der Waals surface area contributed by atoms with Crippen LogP contribution in [-0.2, 0) is 0 Å². The number of hydrogen-bond acceptors (Lipinski definition) is 1. The van der Waals surface area contributed by atoms with E-state index in [9.17, 15) is 0 Å². The Morgan fingerprint density at radius 2 is 1.36 bits per heavy atom. The topological polar surface area (TPSA) is 0 Å². The Bertz CT molecular complexity index is 312. The molecule has 2 atom stereocenters. The lowest BCUT2D eigenvalue weighted by atomic mass is 9.54. The number of rotatable bonds is 10. The zero-order valence-electron chi connectivity index (χ0n) is 17.5. The van der Waals surface area contributed by atoms with Crippen LogP contribution in [0, 0.1) is 28.6 Å². The first kappa shape index (κ1) is 22.4. The number of hydrogen-bond donors (Lipinski definition) is 0. The Labute approximate surface area is 146 Å². The van der Waals surface area contributed by atoms with Crippen molar-refractivity contribution in [3.05, 3.63) is 0 Å². The summed E-state index contributed by atoms with van der Waals surface area (Å²) >= 11 is 2.12. The van der Waals surface area contributed by atoms with E-state index in [0.29, 0.717) is 15.6 Å². The molecule has 0 amide bonds. The van der Waals surface area contributed by atoms with Crippen LogP contribution in [0.3, 0.4) is 0 Å². The largest absolute Gasteiger partial charge is 0.156 e. The summed E-state index contributed by atoms with van der Waals surface area (Å²) in [7, 11) is 0. The summed E-state index contributed by atoms with van der Waals surface area (Å²) in [4.78, 5) is 0. The molecule has 0 saturated carbocycles. The minimum absolute atomic E-state index is 0.380. The Morgan fingerprint density at radius 1 is 0.864 bits per heavy atom. The summed E-state index contributed by atoms with van der Waals surface area (Å²) in [5.74, 6) is 3.46. The van der Waals surface area contributed by atoms with Gasteiger partial charge < -0.3 is 0 Å². The Kier molecular flexibility index (Phi) is 8.58. The molecule has 0 fully saturated rings. The molecule has 0 aliphatic heterocycles. The summed E-state index contributed by atoms with van der Waals surface area (Å²) in [5, 5.41) is 0. The lowest BCUT2D eigenvalue weighted by molar-refractivity contribution is -0.0160. The second-order valence-electron chi connectivity index (χ2n) is 9.57. The van der Waals surface area contributed by atoms with Crippen molar-refractivity contribution >= 4 is 11.8 Å². The lowest BCUT2D eigenvalue weighted by Crippen LogP contribution is -2.44. The molecule has 0 aromatic heterocycles. The summed E-state index contributed by atoms with van der Waals surface area (Å²) in [5.41, 5.74) is 0.792. The van der Waals surface area contributed by atoms with Gasteiger partial charge in [-0.05, 0) is 47.2 Å². The third kappa shape index (κ3) is 6.10. The van der Waals surface area contributed by atoms with Gasteiger partial charge in [0, 0.05) is 4.75 Å². The van der Waals surface area contributed by atoms with Crippen molar-refractivity contribution in [1.29, 1.82) is 0 Å². The maximum Gasteiger partial charge on any atom is 0.0106 e. The smallest absolute Gasteiger partial charge is 0.0106 e. The zero-order valence-corrected chi connectivity index (χ0v) is 18.3. The van der Waals surface area contributed by atoms with Gasteiger partial charge in [-0.3, -0.25) is 0 Å². The third-order valence-corrected chi connectivity index (χ3v) is 7.18. The van der Waals surface area contributed by atoms with Crippen LogP contribution in [0.15, 0.2) is 0 Å². The van der Waals surface area contributed by atoms with Crippen LogP contribution in [0.1, 0.15) is 95.4 Å². The van der Waals surface area contributed by atoms with Crippen molar-refractivity contribution in [2.75, 3.05) is 5.75 Å². The summed E-state index contributed by atoms with van der Waals surface area (Å²) in [6, 6.07) is 0. The van der Waals surface area contributed by atoms with E-state index in [4.69, 9.17) is 0 Å². The van der Waals surface area contributed by atoms with E-state index in [2.05, 4.69) is 87.9 Å². The maximum atomic E-state index is 2.52. The van der Waals surface area contributed by atoms with Gasteiger partial charge in [-0.1, -0.05) is 82.6 Å². The normalized spacial score (nSPS) is 16.9. The van der Waals surface area contributed by atoms with Crippen molar-refractivity contribution in [1.82, 2.24) is 0 Å². The van der Waals surface area contributed by atoms with E-state index in [1.165, 1.54) is 25.0 Å². The molecule has 0 N–H and O–H groups in total. The monoisotopic (exact) mass is 328 g/mol. The molecule has 0 aliphatic rings. The van der Waals surface area contributed by atoms with Crippen molar-refractivity contribution < 1.29 is 0 Å². The van der Waals surface area contributed by atoms with Crippen LogP contribution < -0.4 is 0 Å². The average Bonchev–Trinajstić information content (AvgIpc) is 2.25. The Hall–Kier alpha value is 0.350. The molecule has 0 heterocycles. The van der Waals surface area contributed by atoms with Gasteiger partial charge in [0.15, 0.2) is 0 Å². The molecule has 0 aromatic carbocycles. The first-order valence-corrected chi connectivity index (χ1v) is 10.4. The van der Waals surface area contributed by atoms with Crippen molar-refractivity contribution in [3.8, 4) is 0 Å². The van der Waals surface area contributed by atoms with Crippen LogP contribution in [0.2, 0.25) is 0 Å². The summed E-state index contributed by atoms with van der Waals surface area (Å²) in [6.07, 6.45) is 3.94. The second kappa shape index (κ2) is 8.45. The van der Waals surface area contributed by atoms with E-state index in [1.54, 1.807) is 0 Å². The molecule has 0 spiro atoms. The maximum absolute atomic E-state index is 2.52. The number of thioether (sulfide) groups is 1. The fraction of sp³-hybridized carbons (Fsp3) is 1.00. The van der Waals surface area contributed by atoms with Crippen LogP contribution in [0.4, 0.5) is 0 Å². The molecule has 0 aromatic rings. The molecular formula is C21H44S. The predicted molar refractivity (Wildman–Crippen MR) is 107 cm³/mol. The third-order valence-electron chi connectivity index (χ3n) is 5.94. The van der Waals surface area contributed by atoms with Crippen molar-refractivity contribution in [3.63, 3.8) is 0 Å². The van der Waals surface area contributed by atoms with E-state index in [-0.39, 0.29) is 0 Å². The first-order chi connectivity index (χ1) is 9.81. The molecule has 2 unspecified atom stereocenters. The van der Waals surface area contributed by atoms with E-state index in [0.717, 1.165) is 17.8 Å². The van der Waals surface area contributed by atoms with Crippen molar-refractivity contribution in [2.24, 2.45) is 28.6 Å². The van der Waals surface area contributed by atoms with Gasteiger partial charge >= 0.3 is 0 Å². The van der Waals surface area contributed by atoms with Crippen molar-refractivity contribution in [2.45, 2.75) is 100 Å². The van der Waals surface area contributed by atoms with Crippen LogP contribution in [0.25, 0.3) is 0 Å². The minimum atomic E-state index is 0.380. The summed E-state index contributed by atoms with van der Waals surface area (Å²) < 4.78 is 0.391. The van der Waals surface area contributed by atoms with Crippen LogP contribution >= 0.6 is 11.8 Å². The predicted octanol–water partition coefficient (Wildman–Crippen LogP) is 7.67. The zero-order chi connectivity index (χ0) is 17.8. The fourth-order valence-electron chi connectivity index (χ4n) is 5.01. The molecule has 22 heavy (non-hydrogen) atoms. The van der Waals surface area contributed by atoms with Crippen LogP contribution in [-0.4, -0.2) is 10.5 Å². The molecule has 1 heteroatoms. The Balaban J connectivity index is 5.50. The second-order valence-corrected chi connectivity index (χ2v) is 11.5. The van der Waals surface area contributed by atoms with Gasteiger partial charge in [-0.25, -0.2) is 0 Å². The van der Waals surface area contributed by atoms with E-state index >= 15 is 0 Å². The minimum Gasteiger partial charge on any atom is -0.156 e. The highest BCUT2D eigenvalue weighted by atomic mass is 32.2. The van der Waals surface area contributed by atoms with Gasteiger partial charge in [-0.15, -0.1) is 0 Å². The SMILES string of the molecule is CCCC(C)(C)C(C(C)CC(C)(C)SCC)C(C)(C)C(C)C. The molecule has 0 saturated heterocycles. The molecule has 0 aliphatic carbocycles. The van der Waals surface area contributed by atoms with Gasteiger partial charge in [0.05, 0.1) is 0 Å². The standard InChI is InChI=1S/C21H44S/c1-12-14-19(6,7)18(21(10,11)16(3)4)17(5)15-20(8,9)22-13-2/h16-18H,12-15H2,1-11H3. The fourth-order valence-corrected chi connectivity index (χ4v) is 6.17. The van der Waals surface area contributed by atoms with Gasteiger partial charge in [-0.2, -0.15) is 11.8 Å². The average molecular weight is 329 g/mol. The highest BCUT2D eigenvalue weighted by Crippen LogP contribution is 2.53. The summed E-state index contributed by atoms with van der Waals surface area (Å²) in [6.45, 7) is 26.9. The quantitative estimate of drug-likeness (QED) is 0.396. The molecule has 0 rings (SSSR count).